The number of nitrogens with two attached hydrogens (primary N) is 1. The average Bonchev–Trinajstić information content (AvgIpc) is 2.60. The van der Waals surface area contributed by atoms with Crippen LogP contribution in [-0.2, 0) is 13.1 Å². The maximum absolute atomic E-state index is 11.5. The van der Waals surface area contributed by atoms with Gasteiger partial charge in [0.25, 0.3) is 0 Å². The molecule has 0 aliphatic carbocycles. The predicted molar refractivity (Wildman–Crippen MR) is 109 cm³/mol. The van der Waals surface area contributed by atoms with Crippen molar-refractivity contribution in [2.45, 2.75) is 13.1 Å². The number of halogens is 1. The summed E-state index contributed by atoms with van der Waals surface area (Å²) in [5.41, 5.74) is 10.0. The number of carbonyl (C=O) groups is 1. The minimum absolute atomic E-state index is 0.428. The smallest absolute Gasteiger partial charge is 0.248 e. The molecule has 0 spiro atoms. The zero-order valence-electron chi connectivity index (χ0n) is 14.8. The molecular formula is C20H21BrN4O. The fourth-order valence-corrected chi connectivity index (χ4v) is 3.38. The standard InChI is InChI=1S/C20H21BrN4O/c1-25(2)12-15-7-6-13(20(22)26)10-18(15)24-11-14-8-9-23-19-16(14)4-3-5-17(19)21/h3-10,24H,11-12H2,1-2H3,(H2,22,26). The lowest BCUT2D eigenvalue weighted by molar-refractivity contribution is 0.100. The minimum Gasteiger partial charge on any atom is -0.381 e. The highest BCUT2D eigenvalue weighted by molar-refractivity contribution is 9.10. The lowest BCUT2D eigenvalue weighted by atomic mass is 10.1. The molecule has 3 N–H and O–H groups in total. The van der Waals surface area contributed by atoms with Crippen LogP contribution in [0.3, 0.4) is 0 Å². The molecule has 0 fully saturated rings. The molecule has 0 aliphatic rings. The molecule has 0 saturated heterocycles. The van der Waals surface area contributed by atoms with Crippen molar-refractivity contribution < 1.29 is 4.79 Å². The predicted octanol–water partition coefficient (Wildman–Crippen LogP) is 3.77. The monoisotopic (exact) mass is 412 g/mol. The Balaban J connectivity index is 1.93. The zero-order chi connectivity index (χ0) is 18.7. The summed E-state index contributed by atoms with van der Waals surface area (Å²) in [6, 6.07) is 13.6. The Morgan fingerprint density at radius 1 is 1.19 bits per heavy atom. The van der Waals surface area contributed by atoms with E-state index in [-0.39, 0.29) is 0 Å². The van der Waals surface area contributed by atoms with Crippen LogP contribution in [0.15, 0.2) is 53.1 Å². The number of fused-ring (bicyclic) bond motifs is 1. The Morgan fingerprint density at radius 3 is 2.73 bits per heavy atom. The highest BCUT2D eigenvalue weighted by atomic mass is 79.9. The third kappa shape index (κ3) is 4.03. The Kier molecular flexibility index (Phi) is 5.54. The van der Waals surface area contributed by atoms with Crippen molar-refractivity contribution in [3.63, 3.8) is 0 Å². The molecular weight excluding hydrogens is 392 g/mol. The number of hydrogen-bond acceptors (Lipinski definition) is 4. The molecule has 3 rings (SSSR count). The summed E-state index contributed by atoms with van der Waals surface area (Å²) in [5, 5.41) is 4.56. The Morgan fingerprint density at radius 2 is 2.00 bits per heavy atom. The van der Waals surface area contributed by atoms with Crippen LogP contribution >= 0.6 is 15.9 Å². The van der Waals surface area contributed by atoms with Crippen LogP contribution in [0, 0.1) is 0 Å². The number of nitrogens with zero attached hydrogens (tertiary/aromatic N) is 2. The van der Waals surface area contributed by atoms with E-state index >= 15 is 0 Å². The van der Waals surface area contributed by atoms with Gasteiger partial charge in [0, 0.05) is 40.4 Å². The number of carbonyl (C=O) groups excluding carboxylic acids is 1. The van der Waals surface area contributed by atoms with Gasteiger partial charge in [0.1, 0.15) is 0 Å². The van der Waals surface area contributed by atoms with Crippen LogP contribution < -0.4 is 11.1 Å². The quantitative estimate of drug-likeness (QED) is 0.646. The second-order valence-electron chi connectivity index (χ2n) is 6.43. The molecule has 3 aromatic rings. The summed E-state index contributed by atoms with van der Waals surface area (Å²) in [6.07, 6.45) is 1.81. The van der Waals surface area contributed by atoms with Gasteiger partial charge in [0.05, 0.1) is 5.52 Å². The van der Waals surface area contributed by atoms with E-state index in [9.17, 15) is 4.79 Å². The molecule has 0 atom stereocenters. The molecule has 26 heavy (non-hydrogen) atoms. The molecule has 6 heteroatoms. The summed E-state index contributed by atoms with van der Waals surface area (Å²) in [6.45, 7) is 1.39. The van der Waals surface area contributed by atoms with E-state index < -0.39 is 5.91 Å². The van der Waals surface area contributed by atoms with Gasteiger partial charge in [-0.15, -0.1) is 0 Å². The number of pyridine rings is 1. The fraction of sp³-hybridized carbons (Fsp3) is 0.200. The summed E-state index contributed by atoms with van der Waals surface area (Å²) in [5.74, 6) is -0.428. The summed E-state index contributed by atoms with van der Waals surface area (Å²) in [7, 11) is 4.03. The molecule has 0 radical (unpaired) electrons. The molecule has 0 bridgehead atoms. The first-order chi connectivity index (χ1) is 12.5. The van der Waals surface area contributed by atoms with Crippen molar-refractivity contribution in [2.75, 3.05) is 19.4 Å². The Bertz CT molecular complexity index is 956. The third-order valence-corrected chi connectivity index (χ3v) is 4.80. The van der Waals surface area contributed by atoms with Crippen molar-refractivity contribution in [3.8, 4) is 0 Å². The number of anilines is 1. The van der Waals surface area contributed by atoms with Gasteiger partial charge in [-0.25, -0.2) is 0 Å². The van der Waals surface area contributed by atoms with E-state index in [2.05, 4.69) is 37.2 Å². The molecule has 5 nitrogen and oxygen atoms in total. The molecule has 1 aromatic heterocycles. The summed E-state index contributed by atoms with van der Waals surface area (Å²) >= 11 is 3.55. The van der Waals surface area contributed by atoms with Gasteiger partial charge in [-0.3, -0.25) is 9.78 Å². The minimum atomic E-state index is -0.428. The SMILES string of the molecule is CN(C)Cc1ccc(C(N)=O)cc1NCc1ccnc2c(Br)cccc12. The van der Waals surface area contributed by atoms with E-state index in [1.807, 2.05) is 50.6 Å². The topological polar surface area (TPSA) is 71.2 Å². The van der Waals surface area contributed by atoms with Gasteiger partial charge in [-0.2, -0.15) is 0 Å². The van der Waals surface area contributed by atoms with E-state index in [1.54, 1.807) is 6.07 Å². The van der Waals surface area contributed by atoms with Crippen LogP contribution in [0.5, 0.6) is 0 Å². The lowest BCUT2D eigenvalue weighted by Gasteiger charge is -2.17. The van der Waals surface area contributed by atoms with Gasteiger partial charge in [0.2, 0.25) is 5.91 Å². The molecule has 0 aliphatic heterocycles. The highest BCUT2D eigenvalue weighted by Gasteiger charge is 2.10. The van der Waals surface area contributed by atoms with Crippen molar-refractivity contribution >= 4 is 38.4 Å². The first kappa shape index (κ1) is 18.4. The van der Waals surface area contributed by atoms with E-state index in [0.29, 0.717) is 12.1 Å². The van der Waals surface area contributed by atoms with Gasteiger partial charge in [-0.05, 0) is 65.4 Å². The maximum atomic E-state index is 11.5. The van der Waals surface area contributed by atoms with Crippen molar-refractivity contribution in [3.05, 3.63) is 69.8 Å². The van der Waals surface area contributed by atoms with Crippen molar-refractivity contribution in [2.24, 2.45) is 5.73 Å². The molecule has 0 unspecified atom stereocenters. The van der Waals surface area contributed by atoms with E-state index in [4.69, 9.17) is 5.73 Å². The van der Waals surface area contributed by atoms with Gasteiger partial charge in [0.15, 0.2) is 0 Å². The van der Waals surface area contributed by atoms with Crippen molar-refractivity contribution in [1.82, 2.24) is 9.88 Å². The number of hydrogen-bond donors (Lipinski definition) is 2. The summed E-state index contributed by atoms with van der Waals surface area (Å²) in [4.78, 5) is 18.1. The first-order valence-electron chi connectivity index (χ1n) is 8.29. The van der Waals surface area contributed by atoms with Crippen LogP contribution in [0.2, 0.25) is 0 Å². The number of para-hydroxylation sites is 1. The number of aromatic nitrogens is 1. The highest BCUT2D eigenvalue weighted by Crippen LogP contribution is 2.26. The maximum Gasteiger partial charge on any atom is 0.248 e. The average molecular weight is 413 g/mol. The van der Waals surface area contributed by atoms with E-state index in [1.165, 1.54) is 0 Å². The van der Waals surface area contributed by atoms with Gasteiger partial charge in [-0.1, -0.05) is 18.2 Å². The molecule has 1 amide bonds. The second-order valence-corrected chi connectivity index (χ2v) is 7.29. The largest absolute Gasteiger partial charge is 0.381 e. The van der Waals surface area contributed by atoms with E-state index in [0.717, 1.165) is 38.7 Å². The lowest BCUT2D eigenvalue weighted by Crippen LogP contribution is -2.15. The molecule has 2 aromatic carbocycles. The Hall–Kier alpha value is -2.44. The zero-order valence-corrected chi connectivity index (χ0v) is 16.4. The summed E-state index contributed by atoms with van der Waals surface area (Å²) < 4.78 is 0.973. The van der Waals surface area contributed by atoms with Crippen LogP contribution in [-0.4, -0.2) is 29.9 Å². The van der Waals surface area contributed by atoms with Gasteiger partial charge < -0.3 is 16.0 Å². The number of primary amides is 1. The fourth-order valence-electron chi connectivity index (χ4n) is 2.91. The van der Waals surface area contributed by atoms with Crippen LogP contribution in [0.25, 0.3) is 10.9 Å². The normalized spacial score (nSPS) is 11.1. The molecule has 134 valence electrons. The Labute approximate surface area is 161 Å². The molecule has 1 heterocycles. The van der Waals surface area contributed by atoms with Crippen molar-refractivity contribution in [1.29, 1.82) is 0 Å². The number of rotatable bonds is 6. The first-order valence-corrected chi connectivity index (χ1v) is 9.08. The number of amides is 1. The van der Waals surface area contributed by atoms with Crippen LogP contribution in [0.1, 0.15) is 21.5 Å². The van der Waals surface area contributed by atoms with Gasteiger partial charge >= 0.3 is 0 Å². The van der Waals surface area contributed by atoms with Crippen LogP contribution in [0.4, 0.5) is 5.69 Å². The number of nitrogens with one attached hydrogen (secondary N) is 1. The third-order valence-electron chi connectivity index (χ3n) is 4.16. The second kappa shape index (κ2) is 7.85. The number of benzene rings is 2. The molecule has 0 saturated carbocycles.